The van der Waals surface area contributed by atoms with E-state index < -0.39 is 0 Å². The van der Waals surface area contributed by atoms with Crippen molar-refractivity contribution in [1.82, 2.24) is 0 Å². The first-order chi connectivity index (χ1) is 56.5. The molecule has 0 unspecified atom stereocenters. The Hall–Kier alpha value is -15.2. The fraction of sp³-hybridized carbons (Fsp3) is 0. The topological polar surface area (TPSA) is 19.4 Å². The van der Waals surface area contributed by atoms with Crippen molar-refractivity contribution in [3.63, 3.8) is 0 Å². The molecular weight excluding hydrogens is 1380 g/mol. The predicted octanol–water partition coefficient (Wildman–Crippen LogP) is 30.8. The molecule has 0 radical (unpaired) electrons. The number of benzene rings is 18. The fourth-order valence-corrected chi connectivity index (χ4v) is 15.3. The van der Waals surface area contributed by atoms with Gasteiger partial charge in [-0.05, 0) is 274 Å². The Balaban J connectivity index is 0.652. The van der Waals surface area contributed by atoms with E-state index in [0.29, 0.717) is 0 Å². The van der Waals surface area contributed by atoms with Gasteiger partial charge in [0.05, 0.1) is 0 Å². The van der Waals surface area contributed by atoms with Crippen LogP contribution < -0.4 is 29.4 Å². The van der Waals surface area contributed by atoms with Gasteiger partial charge < -0.3 is 29.4 Å². The van der Waals surface area contributed by atoms with Crippen LogP contribution in [0.25, 0.3) is 55.6 Å². The molecule has 0 saturated carbocycles. The first-order valence-corrected chi connectivity index (χ1v) is 38.8. The van der Waals surface area contributed by atoms with Crippen molar-refractivity contribution in [1.29, 1.82) is 0 Å². The van der Waals surface area contributed by atoms with E-state index in [0.717, 1.165) is 158 Å². The maximum atomic E-state index is 2.36. The van der Waals surface area contributed by atoms with Gasteiger partial charge in [-0.25, -0.2) is 0 Å². The molecule has 0 spiro atoms. The third-order valence-corrected chi connectivity index (χ3v) is 21.0. The summed E-state index contributed by atoms with van der Waals surface area (Å²) in [5.41, 5.74) is 30.8. The molecule has 0 aliphatic carbocycles. The van der Waals surface area contributed by atoms with E-state index in [-0.39, 0.29) is 0 Å². The minimum absolute atomic E-state index is 1.04. The molecule has 18 aromatic carbocycles. The molecule has 6 heteroatoms. The average molecular weight is 1460 g/mol. The summed E-state index contributed by atoms with van der Waals surface area (Å²) < 4.78 is 0. The zero-order valence-corrected chi connectivity index (χ0v) is 62.9. The molecule has 0 N–H and O–H groups in total. The molecule has 0 amide bonds. The Morgan fingerprint density at radius 2 is 0.140 bits per heavy atom. The predicted molar refractivity (Wildman–Crippen MR) is 482 cm³/mol. The van der Waals surface area contributed by atoms with Gasteiger partial charge in [0, 0.05) is 102 Å². The molecule has 114 heavy (non-hydrogen) atoms. The van der Waals surface area contributed by atoms with Gasteiger partial charge in [-0.2, -0.15) is 0 Å². The first kappa shape index (κ1) is 70.4. The summed E-state index contributed by atoms with van der Waals surface area (Å²) in [5.74, 6) is 0. The van der Waals surface area contributed by atoms with Crippen molar-refractivity contribution in [3.8, 4) is 55.6 Å². The number of hydrogen-bond acceptors (Lipinski definition) is 6. The summed E-state index contributed by atoms with van der Waals surface area (Å²) in [5, 5.41) is 0. The summed E-state index contributed by atoms with van der Waals surface area (Å²) in [6, 6.07) is 174. The van der Waals surface area contributed by atoms with Crippen molar-refractivity contribution >= 4 is 102 Å². The number of hydrogen-bond donors (Lipinski definition) is 0. The van der Waals surface area contributed by atoms with Crippen LogP contribution in [0.15, 0.2) is 485 Å². The molecule has 0 atom stereocenters. The summed E-state index contributed by atoms with van der Waals surface area (Å²) in [4.78, 5) is 13.9. The van der Waals surface area contributed by atoms with Crippen molar-refractivity contribution in [2.45, 2.75) is 0 Å². The first-order valence-electron chi connectivity index (χ1n) is 38.8. The van der Waals surface area contributed by atoms with Crippen molar-refractivity contribution in [2.24, 2.45) is 0 Å². The van der Waals surface area contributed by atoms with Crippen LogP contribution in [0.3, 0.4) is 0 Å². The maximum Gasteiger partial charge on any atom is 0.0462 e. The van der Waals surface area contributed by atoms with Crippen molar-refractivity contribution in [3.05, 3.63) is 485 Å². The lowest BCUT2D eigenvalue weighted by atomic mass is 10.0. The summed E-state index contributed by atoms with van der Waals surface area (Å²) in [6.45, 7) is 0. The number of nitrogens with zero attached hydrogens (tertiary/aromatic N) is 6. The highest BCUT2D eigenvalue weighted by Crippen LogP contribution is 2.45. The van der Waals surface area contributed by atoms with Gasteiger partial charge in [-0.3, -0.25) is 0 Å². The summed E-state index contributed by atoms with van der Waals surface area (Å²) in [7, 11) is 0. The largest absolute Gasteiger partial charge is 0.311 e. The molecule has 0 heterocycles. The highest BCUT2D eigenvalue weighted by Gasteiger charge is 2.21. The van der Waals surface area contributed by atoms with E-state index in [1.54, 1.807) is 0 Å². The lowest BCUT2D eigenvalue weighted by molar-refractivity contribution is 1.28. The van der Waals surface area contributed by atoms with E-state index in [1.807, 2.05) is 0 Å². The molecule has 0 fully saturated rings. The SMILES string of the molecule is c1ccc(N(c2ccccc2)c2ccc(-c3ccc(N(c4ccc(-c5ccc(N(c6ccccc6)c6ccccc6)cc5)cc4)c4ccc(-c5ccc(N(c6ccc(-c7ccc(N(c8ccccc8)c8ccccc8)cc7)cc6)c6ccc(-c7ccc(N(c8ccccc8)c8ccccc8)cc7)cc6)cc5)cc4)cc3)cc2)cc1. The lowest BCUT2D eigenvalue weighted by Crippen LogP contribution is -2.10. The van der Waals surface area contributed by atoms with Gasteiger partial charge in [0.2, 0.25) is 0 Å². The molecular formula is C108H80N6. The Kier molecular flexibility index (Phi) is 20.3. The van der Waals surface area contributed by atoms with Gasteiger partial charge in [-0.15, -0.1) is 0 Å². The Bertz CT molecular complexity index is 5210. The highest BCUT2D eigenvalue weighted by molar-refractivity contribution is 5.88. The molecule has 542 valence electrons. The second kappa shape index (κ2) is 32.9. The third-order valence-electron chi connectivity index (χ3n) is 21.0. The fourth-order valence-electron chi connectivity index (χ4n) is 15.3. The zero-order chi connectivity index (χ0) is 76.2. The number of anilines is 18. The van der Waals surface area contributed by atoms with Crippen LogP contribution in [0.2, 0.25) is 0 Å². The monoisotopic (exact) mass is 1460 g/mol. The molecule has 18 aromatic rings. The van der Waals surface area contributed by atoms with Gasteiger partial charge in [-0.1, -0.05) is 267 Å². The van der Waals surface area contributed by atoms with Crippen molar-refractivity contribution in [2.75, 3.05) is 29.4 Å². The number of para-hydroxylation sites is 8. The Labute approximate surface area is 668 Å². The second-order valence-electron chi connectivity index (χ2n) is 28.2. The third kappa shape index (κ3) is 15.3. The molecule has 0 bridgehead atoms. The van der Waals surface area contributed by atoms with E-state index in [1.165, 1.54) is 0 Å². The average Bonchev–Trinajstić information content (AvgIpc) is 0.802. The van der Waals surface area contributed by atoms with Crippen LogP contribution in [0.5, 0.6) is 0 Å². The minimum atomic E-state index is 1.04. The Morgan fingerprint density at radius 3 is 0.219 bits per heavy atom. The zero-order valence-electron chi connectivity index (χ0n) is 62.9. The molecule has 18 rings (SSSR count). The van der Waals surface area contributed by atoms with Gasteiger partial charge in [0.1, 0.15) is 0 Å². The normalized spacial score (nSPS) is 11.0. The standard InChI is InChI=1S/C108H80N6/c1-9-25-91(26-10-1)109(92-27-11-2-12-28-92)99-61-41-81(42-62-99)85-49-69-103(70-50-85)113(104-71-51-86(52-72-104)82-43-63-100(64-44-82)110(93-29-13-3-14-30-93)94-31-15-4-16-32-94)107-77-57-89(58-78-107)90-59-79-108(80-60-90)114(105-73-53-87(54-74-105)83-45-65-101(66-46-83)111(95-33-17-5-18-34-95)96-35-19-6-20-36-96)106-75-55-88(56-76-106)84-47-67-102(68-48-84)112(97-37-21-7-22-38-97)98-39-23-8-24-40-98/h1-80H. The van der Waals surface area contributed by atoms with Crippen molar-refractivity contribution < 1.29 is 0 Å². The summed E-state index contributed by atoms with van der Waals surface area (Å²) in [6.07, 6.45) is 0. The summed E-state index contributed by atoms with van der Waals surface area (Å²) >= 11 is 0. The van der Waals surface area contributed by atoms with Crippen LogP contribution in [-0.4, -0.2) is 0 Å². The highest BCUT2D eigenvalue weighted by atomic mass is 15.2. The molecule has 0 saturated heterocycles. The lowest BCUT2D eigenvalue weighted by Gasteiger charge is -2.27. The van der Waals surface area contributed by atoms with E-state index >= 15 is 0 Å². The smallest absolute Gasteiger partial charge is 0.0462 e. The minimum Gasteiger partial charge on any atom is -0.311 e. The van der Waals surface area contributed by atoms with E-state index in [4.69, 9.17) is 0 Å². The second-order valence-corrected chi connectivity index (χ2v) is 28.2. The van der Waals surface area contributed by atoms with Gasteiger partial charge in [0.25, 0.3) is 0 Å². The van der Waals surface area contributed by atoms with Crippen LogP contribution in [0.4, 0.5) is 102 Å². The quantitative estimate of drug-likeness (QED) is 0.0631. The maximum absolute atomic E-state index is 2.36. The van der Waals surface area contributed by atoms with Crippen LogP contribution in [0, 0.1) is 0 Å². The van der Waals surface area contributed by atoms with Crippen LogP contribution >= 0.6 is 0 Å². The van der Waals surface area contributed by atoms with Gasteiger partial charge >= 0.3 is 0 Å². The molecule has 0 aromatic heterocycles. The molecule has 0 aliphatic rings. The molecule has 0 aliphatic heterocycles. The number of rotatable bonds is 23. The van der Waals surface area contributed by atoms with E-state index in [2.05, 4.69) is 515 Å². The van der Waals surface area contributed by atoms with Crippen LogP contribution in [0.1, 0.15) is 0 Å². The van der Waals surface area contributed by atoms with Gasteiger partial charge in [0.15, 0.2) is 0 Å². The molecule has 6 nitrogen and oxygen atoms in total. The Morgan fingerprint density at radius 1 is 0.0702 bits per heavy atom. The van der Waals surface area contributed by atoms with Crippen LogP contribution in [-0.2, 0) is 0 Å². The van der Waals surface area contributed by atoms with E-state index in [9.17, 15) is 0 Å².